The van der Waals surface area contributed by atoms with E-state index in [4.69, 9.17) is 9.84 Å². The lowest BCUT2D eigenvalue weighted by atomic mass is 9.78. The molecule has 3 atom stereocenters. The number of hydrogen-bond acceptors (Lipinski definition) is 2. The SMILES string of the molecule is C=C(C)C1CCC(C)CC1OCC(=O)O. The molecule has 1 aliphatic rings. The summed E-state index contributed by atoms with van der Waals surface area (Å²) < 4.78 is 5.43. The van der Waals surface area contributed by atoms with E-state index >= 15 is 0 Å². The number of carboxylic acids is 1. The first-order valence-electron chi connectivity index (χ1n) is 5.49. The van der Waals surface area contributed by atoms with Crippen molar-refractivity contribution in [3.63, 3.8) is 0 Å². The zero-order valence-corrected chi connectivity index (χ0v) is 9.53. The van der Waals surface area contributed by atoms with Gasteiger partial charge in [-0.05, 0) is 32.1 Å². The van der Waals surface area contributed by atoms with Crippen molar-refractivity contribution < 1.29 is 14.6 Å². The Labute approximate surface area is 91.1 Å². The first-order chi connectivity index (χ1) is 7.00. The van der Waals surface area contributed by atoms with Crippen LogP contribution in [0.1, 0.15) is 33.1 Å². The molecule has 0 saturated heterocycles. The Balaban J connectivity index is 2.54. The number of hydrogen-bond donors (Lipinski definition) is 1. The quantitative estimate of drug-likeness (QED) is 0.728. The van der Waals surface area contributed by atoms with Crippen molar-refractivity contribution in [1.29, 1.82) is 0 Å². The molecule has 1 fully saturated rings. The van der Waals surface area contributed by atoms with Gasteiger partial charge in [0.05, 0.1) is 6.10 Å². The summed E-state index contributed by atoms with van der Waals surface area (Å²) in [7, 11) is 0. The smallest absolute Gasteiger partial charge is 0.329 e. The summed E-state index contributed by atoms with van der Waals surface area (Å²) in [6.45, 7) is 7.94. The van der Waals surface area contributed by atoms with Crippen LogP contribution in [0.4, 0.5) is 0 Å². The molecule has 15 heavy (non-hydrogen) atoms. The highest BCUT2D eigenvalue weighted by molar-refractivity contribution is 5.68. The molecule has 0 aromatic carbocycles. The number of carbonyl (C=O) groups is 1. The van der Waals surface area contributed by atoms with E-state index in [0.717, 1.165) is 18.4 Å². The van der Waals surface area contributed by atoms with Crippen LogP contribution < -0.4 is 0 Å². The van der Waals surface area contributed by atoms with Crippen LogP contribution in [-0.4, -0.2) is 23.8 Å². The third kappa shape index (κ3) is 3.67. The van der Waals surface area contributed by atoms with Crippen LogP contribution in [0.15, 0.2) is 12.2 Å². The summed E-state index contributed by atoms with van der Waals surface area (Å²) in [5.74, 6) is 0.0636. The van der Waals surface area contributed by atoms with Gasteiger partial charge in [0.15, 0.2) is 0 Å². The molecule has 0 amide bonds. The van der Waals surface area contributed by atoms with E-state index in [2.05, 4.69) is 13.5 Å². The Morgan fingerprint density at radius 1 is 1.53 bits per heavy atom. The molecule has 0 aromatic rings. The fourth-order valence-electron chi connectivity index (χ4n) is 2.25. The maximum Gasteiger partial charge on any atom is 0.329 e. The van der Waals surface area contributed by atoms with Gasteiger partial charge in [-0.2, -0.15) is 0 Å². The van der Waals surface area contributed by atoms with Crippen LogP contribution in [0.3, 0.4) is 0 Å². The average Bonchev–Trinajstić information content (AvgIpc) is 2.14. The Kier molecular flexibility index (Phi) is 4.33. The van der Waals surface area contributed by atoms with Gasteiger partial charge in [-0.15, -0.1) is 0 Å². The number of carboxylic acid groups (broad SMARTS) is 1. The highest BCUT2D eigenvalue weighted by atomic mass is 16.5. The first kappa shape index (κ1) is 12.2. The molecular formula is C12H20O3. The molecule has 0 aliphatic heterocycles. The zero-order chi connectivity index (χ0) is 11.4. The van der Waals surface area contributed by atoms with Crippen LogP contribution in [-0.2, 0) is 9.53 Å². The van der Waals surface area contributed by atoms with E-state index in [9.17, 15) is 4.79 Å². The molecule has 0 bridgehead atoms. The van der Waals surface area contributed by atoms with Gasteiger partial charge in [0, 0.05) is 5.92 Å². The largest absolute Gasteiger partial charge is 0.480 e. The Bertz CT molecular complexity index is 247. The summed E-state index contributed by atoms with van der Waals surface area (Å²) in [4.78, 5) is 10.5. The van der Waals surface area contributed by atoms with E-state index in [0.29, 0.717) is 11.8 Å². The molecule has 0 radical (unpaired) electrons. The van der Waals surface area contributed by atoms with Crippen LogP contribution in [0.5, 0.6) is 0 Å². The van der Waals surface area contributed by atoms with Gasteiger partial charge in [0.2, 0.25) is 0 Å². The number of aliphatic carboxylic acids is 1. The molecule has 0 aromatic heterocycles. The molecule has 1 rings (SSSR count). The summed E-state index contributed by atoms with van der Waals surface area (Å²) in [5, 5.41) is 8.59. The molecule has 3 unspecified atom stereocenters. The topological polar surface area (TPSA) is 46.5 Å². The van der Waals surface area contributed by atoms with Gasteiger partial charge in [-0.1, -0.05) is 19.1 Å². The second kappa shape index (κ2) is 5.31. The second-order valence-electron chi connectivity index (χ2n) is 4.61. The molecule has 3 nitrogen and oxygen atoms in total. The van der Waals surface area contributed by atoms with Crippen LogP contribution >= 0.6 is 0 Å². The minimum atomic E-state index is -0.895. The third-order valence-corrected chi connectivity index (χ3v) is 3.11. The zero-order valence-electron chi connectivity index (χ0n) is 9.53. The lowest BCUT2D eigenvalue weighted by Gasteiger charge is -2.34. The van der Waals surface area contributed by atoms with E-state index < -0.39 is 5.97 Å². The minimum absolute atomic E-state index is 0.0438. The Hall–Kier alpha value is -0.830. The third-order valence-electron chi connectivity index (χ3n) is 3.11. The van der Waals surface area contributed by atoms with E-state index in [1.54, 1.807) is 0 Å². The fourth-order valence-corrected chi connectivity index (χ4v) is 2.25. The minimum Gasteiger partial charge on any atom is -0.480 e. The average molecular weight is 212 g/mol. The summed E-state index contributed by atoms with van der Waals surface area (Å²) in [5.41, 5.74) is 1.11. The van der Waals surface area contributed by atoms with Crippen molar-refractivity contribution in [3.05, 3.63) is 12.2 Å². The molecular weight excluding hydrogens is 192 g/mol. The van der Waals surface area contributed by atoms with Gasteiger partial charge in [0.1, 0.15) is 6.61 Å². The van der Waals surface area contributed by atoms with Gasteiger partial charge in [0.25, 0.3) is 0 Å². The highest BCUT2D eigenvalue weighted by Crippen LogP contribution is 2.34. The van der Waals surface area contributed by atoms with E-state index in [1.807, 2.05) is 6.92 Å². The highest BCUT2D eigenvalue weighted by Gasteiger charge is 2.30. The van der Waals surface area contributed by atoms with Gasteiger partial charge >= 0.3 is 5.97 Å². The summed E-state index contributed by atoms with van der Waals surface area (Å²) >= 11 is 0. The van der Waals surface area contributed by atoms with Crippen LogP contribution in [0.25, 0.3) is 0 Å². The first-order valence-corrected chi connectivity index (χ1v) is 5.49. The molecule has 0 spiro atoms. The monoisotopic (exact) mass is 212 g/mol. The van der Waals surface area contributed by atoms with Crippen molar-refractivity contribution >= 4 is 5.97 Å². The van der Waals surface area contributed by atoms with Crippen LogP contribution in [0.2, 0.25) is 0 Å². The second-order valence-corrected chi connectivity index (χ2v) is 4.61. The van der Waals surface area contributed by atoms with E-state index in [-0.39, 0.29) is 12.7 Å². The maximum absolute atomic E-state index is 10.5. The van der Waals surface area contributed by atoms with E-state index in [1.165, 1.54) is 6.42 Å². The molecule has 1 N–H and O–H groups in total. The predicted molar refractivity (Wildman–Crippen MR) is 58.7 cm³/mol. The van der Waals surface area contributed by atoms with Gasteiger partial charge in [-0.3, -0.25) is 0 Å². The van der Waals surface area contributed by atoms with Crippen molar-refractivity contribution in [2.75, 3.05) is 6.61 Å². The van der Waals surface area contributed by atoms with Crippen molar-refractivity contribution in [1.82, 2.24) is 0 Å². The standard InChI is InChI=1S/C12H20O3/c1-8(2)10-5-4-9(3)6-11(10)15-7-12(13)14/h9-11H,1,4-7H2,2-3H3,(H,13,14). The molecule has 1 aliphatic carbocycles. The lowest BCUT2D eigenvalue weighted by Crippen LogP contribution is -2.33. The number of rotatable bonds is 4. The summed E-state index contributed by atoms with van der Waals surface area (Å²) in [6.07, 6.45) is 3.25. The van der Waals surface area contributed by atoms with Gasteiger partial charge < -0.3 is 9.84 Å². The fraction of sp³-hybridized carbons (Fsp3) is 0.750. The molecule has 1 saturated carbocycles. The Morgan fingerprint density at radius 2 is 2.20 bits per heavy atom. The molecule has 3 heteroatoms. The summed E-state index contributed by atoms with van der Waals surface area (Å²) in [6, 6.07) is 0. The van der Waals surface area contributed by atoms with Gasteiger partial charge in [-0.25, -0.2) is 4.79 Å². The lowest BCUT2D eigenvalue weighted by molar-refractivity contribution is -0.146. The maximum atomic E-state index is 10.5. The van der Waals surface area contributed by atoms with Crippen molar-refractivity contribution in [2.45, 2.75) is 39.2 Å². The molecule has 86 valence electrons. The molecule has 0 heterocycles. The van der Waals surface area contributed by atoms with Crippen molar-refractivity contribution in [3.8, 4) is 0 Å². The van der Waals surface area contributed by atoms with Crippen LogP contribution in [0, 0.1) is 11.8 Å². The predicted octanol–water partition coefficient (Wildman–Crippen LogP) is 2.47. The number of ether oxygens (including phenoxy) is 1. The Morgan fingerprint density at radius 3 is 2.73 bits per heavy atom. The normalized spacial score (nSPS) is 31.2. The van der Waals surface area contributed by atoms with Crippen molar-refractivity contribution in [2.24, 2.45) is 11.8 Å².